The first kappa shape index (κ1) is 18.6. The predicted molar refractivity (Wildman–Crippen MR) is 108 cm³/mol. The lowest BCUT2D eigenvalue weighted by molar-refractivity contribution is -0.122. The first-order valence-electron chi connectivity index (χ1n) is 9.02. The summed E-state index contributed by atoms with van der Waals surface area (Å²) in [6.07, 6.45) is 3.64. The Morgan fingerprint density at radius 3 is 2.50 bits per heavy atom. The Morgan fingerprint density at radius 2 is 1.85 bits per heavy atom. The molecule has 0 bridgehead atoms. The van der Waals surface area contributed by atoms with E-state index < -0.39 is 0 Å². The molecule has 4 nitrogen and oxygen atoms in total. The highest BCUT2D eigenvalue weighted by Gasteiger charge is 2.35. The Labute approximate surface area is 162 Å². The number of carbonyl (C=O) groups excluding carboxylic acids is 2. The Balaban J connectivity index is 1.60. The van der Waals surface area contributed by atoms with Gasteiger partial charge in [-0.3, -0.25) is 9.59 Å². The lowest BCUT2D eigenvalue weighted by atomic mass is 10.1. The van der Waals surface area contributed by atoms with Crippen molar-refractivity contribution in [3.05, 3.63) is 58.6 Å². The normalized spacial score (nSPS) is 16.8. The van der Waals surface area contributed by atoms with Gasteiger partial charge in [-0.1, -0.05) is 41.4 Å². The maximum absolute atomic E-state index is 12.6. The molecule has 0 saturated carbocycles. The molecule has 1 fully saturated rings. The van der Waals surface area contributed by atoms with Crippen LogP contribution < -0.4 is 10.2 Å². The van der Waals surface area contributed by atoms with Crippen molar-refractivity contribution in [3.63, 3.8) is 0 Å². The molecule has 0 spiro atoms. The number of nitrogens with zero attached hydrogens (tertiary/aromatic N) is 1. The SMILES string of the molecule is CCCCc1ccc(NC(=O)C2CC(=O)N(c3ccc(Br)cc3)C2)cc1. The van der Waals surface area contributed by atoms with Gasteiger partial charge in [0.05, 0.1) is 5.92 Å². The van der Waals surface area contributed by atoms with Gasteiger partial charge in [0.1, 0.15) is 0 Å². The molecule has 1 aliphatic rings. The first-order chi connectivity index (χ1) is 12.6. The number of halogens is 1. The van der Waals surface area contributed by atoms with E-state index in [0.29, 0.717) is 6.54 Å². The summed E-state index contributed by atoms with van der Waals surface area (Å²) in [7, 11) is 0. The van der Waals surface area contributed by atoms with Crippen LogP contribution in [0.3, 0.4) is 0 Å². The zero-order valence-corrected chi connectivity index (χ0v) is 16.5. The van der Waals surface area contributed by atoms with Gasteiger partial charge in [-0.15, -0.1) is 0 Å². The van der Waals surface area contributed by atoms with E-state index in [-0.39, 0.29) is 24.2 Å². The zero-order valence-electron chi connectivity index (χ0n) is 14.9. The Morgan fingerprint density at radius 1 is 1.15 bits per heavy atom. The lowest BCUT2D eigenvalue weighted by Crippen LogP contribution is -2.28. The minimum absolute atomic E-state index is 0.0117. The quantitative estimate of drug-likeness (QED) is 0.738. The van der Waals surface area contributed by atoms with Gasteiger partial charge in [0.15, 0.2) is 0 Å². The van der Waals surface area contributed by atoms with Gasteiger partial charge in [0.25, 0.3) is 0 Å². The highest BCUT2D eigenvalue weighted by Crippen LogP contribution is 2.27. The summed E-state index contributed by atoms with van der Waals surface area (Å²) in [4.78, 5) is 26.5. The van der Waals surface area contributed by atoms with Crippen molar-refractivity contribution in [2.24, 2.45) is 5.92 Å². The Kier molecular flexibility index (Phi) is 6.09. The number of hydrogen-bond acceptors (Lipinski definition) is 2. The molecule has 1 atom stereocenters. The second-order valence-corrected chi connectivity index (χ2v) is 7.59. The summed E-state index contributed by atoms with van der Waals surface area (Å²) in [5, 5.41) is 2.94. The van der Waals surface area contributed by atoms with Crippen LogP contribution in [-0.4, -0.2) is 18.4 Å². The summed E-state index contributed by atoms with van der Waals surface area (Å²) in [6.45, 7) is 2.59. The average Bonchev–Trinajstić information content (AvgIpc) is 3.04. The maximum atomic E-state index is 12.6. The molecule has 0 aliphatic carbocycles. The van der Waals surface area contributed by atoms with Crippen LogP contribution in [0.4, 0.5) is 11.4 Å². The maximum Gasteiger partial charge on any atom is 0.229 e. The van der Waals surface area contributed by atoms with Gasteiger partial charge in [-0.2, -0.15) is 0 Å². The third-order valence-electron chi connectivity index (χ3n) is 4.67. The number of aryl methyl sites for hydroxylation is 1. The molecule has 2 aromatic carbocycles. The highest BCUT2D eigenvalue weighted by atomic mass is 79.9. The van der Waals surface area contributed by atoms with E-state index in [1.54, 1.807) is 4.90 Å². The van der Waals surface area contributed by atoms with E-state index in [2.05, 4.69) is 40.3 Å². The molecule has 1 aliphatic heterocycles. The Hall–Kier alpha value is -2.14. The zero-order chi connectivity index (χ0) is 18.5. The molecule has 2 aromatic rings. The monoisotopic (exact) mass is 414 g/mol. The molecule has 2 amide bonds. The van der Waals surface area contributed by atoms with Gasteiger partial charge in [-0.25, -0.2) is 0 Å². The minimum atomic E-state index is -0.328. The Bertz CT molecular complexity index is 772. The molecule has 3 rings (SSSR count). The van der Waals surface area contributed by atoms with Crippen molar-refractivity contribution in [2.45, 2.75) is 32.6 Å². The van der Waals surface area contributed by atoms with Crippen molar-refractivity contribution in [1.29, 1.82) is 0 Å². The van der Waals surface area contributed by atoms with Crippen molar-refractivity contribution in [2.75, 3.05) is 16.8 Å². The average molecular weight is 415 g/mol. The molecule has 1 unspecified atom stereocenters. The number of carbonyl (C=O) groups is 2. The number of benzene rings is 2. The molecule has 5 heteroatoms. The molecule has 136 valence electrons. The van der Waals surface area contributed by atoms with Crippen molar-refractivity contribution in [3.8, 4) is 0 Å². The smallest absolute Gasteiger partial charge is 0.229 e. The predicted octanol–water partition coefficient (Wildman–Crippen LogP) is 4.78. The number of hydrogen-bond donors (Lipinski definition) is 1. The third kappa shape index (κ3) is 4.52. The van der Waals surface area contributed by atoms with Crippen LogP contribution in [0.1, 0.15) is 31.7 Å². The second kappa shape index (κ2) is 8.49. The number of anilines is 2. The number of amides is 2. The van der Waals surface area contributed by atoms with Crippen LogP contribution in [0.25, 0.3) is 0 Å². The van der Waals surface area contributed by atoms with E-state index >= 15 is 0 Å². The van der Waals surface area contributed by atoms with Gasteiger partial charge < -0.3 is 10.2 Å². The largest absolute Gasteiger partial charge is 0.326 e. The fraction of sp³-hybridized carbons (Fsp3) is 0.333. The van der Waals surface area contributed by atoms with Gasteiger partial charge in [-0.05, 0) is 54.8 Å². The lowest BCUT2D eigenvalue weighted by Gasteiger charge is -2.17. The van der Waals surface area contributed by atoms with Crippen LogP contribution in [0, 0.1) is 5.92 Å². The fourth-order valence-electron chi connectivity index (χ4n) is 3.13. The van der Waals surface area contributed by atoms with E-state index in [9.17, 15) is 9.59 Å². The van der Waals surface area contributed by atoms with E-state index in [0.717, 1.165) is 22.3 Å². The summed E-state index contributed by atoms with van der Waals surface area (Å²) < 4.78 is 0.963. The number of nitrogens with one attached hydrogen (secondary N) is 1. The van der Waals surface area contributed by atoms with Crippen LogP contribution >= 0.6 is 15.9 Å². The number of rotatable bonds is 6. The van der Waals surface area contributed by atoms with E-state index in [1.165, 1.54) is 18.4 Å². The molecule has 0 radical (unpaired) electrons. The van der Waals surface area contributed by atoms with Gasteiger partial charge >= 0.3 is 0 Å². The van der Waals surface area contributed by atoms with E-state index in [4.69, 9.17) is 0 Å². The molecular weight excluding hydrogens is 392 g/mol. The van der Waals surface area contributed by atoms with E-state index in [1.807, 2.05) is 36.4 Å². The molecule has 1 saturated heterocycles. The summed E-state index contributed by atoms with van der Waals surface area (Å²) in [6, 6.07) is 15.6. The highest BCUT2D eigenvalue weighted by molar-refractivity contribution is 9.10. The number of unbranched alkanes of at least 4 members (excludes halogenated alkanes) is 1. The first-order valence-corrected chi connectivity index (χ1v) is 9.82. The molecule has 1 heterocycles. The van der Waals surface area contributed by atoms with Crippen LogP contribution in [0.15, 0.2) is 53.0 Å². The topological polar surface area (TPSA) is 49.4 Å². The van der Waals surface area contributed by atoms with Gasteiger partial charge in [0, 0.05) is 28.8 Å². The summed E-state index contributed by atoms with van der Waals surface area (Å²) in [5.74, 6) is -0.437. The van der Waals surface area contributed by atoms with Crippen molar-refractivity contribution < 1.29 is 9.59 Å². The van der Waals surface area contributed by atoms with Crippen LogP contribution in [0.5, 0.6) is 0 Å². The van der Waals surface area contributed by atoms with Gasteiger partial charge in [0.2, 0.25) is 11.8 Å². The fourth-order valence-corrected chi connectivity index (χ4v) is 3.40. The van der Waals surface area contributed by atoms with Crippen molar-refractivity contribution >= 4 is 39.1 Å². The molecular formula is C21H23BrN2O2. The summed E-state index contributed by atoms with van der Waals surface area (Å²) >= 11 is 3.39. The minimum Gasteiger partial charge on any atom is -0.326 e. The second-order valence-electron chi connectivity index (χ2n) is 6.67. The molecule has 0 aromatic heterocycles. The molecule has 1 N–H and O–H groups in total. The molecule has 26 heavy (non-hydrogen) atoms. The van der Waals surface area contributed by atoms with Crippen LogP contribution in [0.2, 0.25) is 0 Å². The summed E-state index contributed by atoms with van der Waals surface area (Å²) in [5.41, 5.74) is 2.89. The standard InChI is InChI=1S/C21H23BrN2O2/c1-2-3-4-15-5-9-18(10-6-15)23-21(26)16-13-20(25)24(14-16)19-11-7-17(22)8-12-19/h5-12,16H,2-4,13-14H2,1H3,(H,23,26). The van der Waals surface area contributed by atoms with Crippen molar-refractivity contribution in [1.82, 2.24) is 0 Å². The third-order valence-corrected chi connectivity index (χ3v) is 5.20. The van der Waals surface area contributed by atoms with Crippen LogP contribution in [-0.2, 0) is 16.0 Å².